The number of hydrogen-bond acceptors (Lipinski definition) is 2. The standard InChI is InChI=1S/C32H28N2/c1-2-25-17-19-26(20-18-25)31-15-9-10-16-32(31)27-21-23-30(24-22-27)34(29-13-7-4-8-14-29)33-28-11-5-3-6-12-28/h3-24,33H,2H2,1H3. The summed E-state index contributed by atoms with van der Waals surface area (Å²) in [6.07, 6.45) is 1.05. The van der Waals surface area contributed by atoms with E-state index < -0.39 is 0 Å². The molecule has 0 saturated heterocycles. The van der Waals surface area contributed by atoms with Crippen molar-refractivity contribution in [1.82, 2.24) is 0 Å². The van der Waals surface area contributed by atoms with Crippen molar-refractivity contribution < 1.29 is 0 Å². The topological polar surface area (TPSA) is 15.3 Å². The second kappa shape index (κ2) is 10.1. The zero-order valence-electron chi connectivity index (χ0n) is 19.4. The van der Waals surface area contributed by atoms with E-state index in [2.05, 4.69) is 127 Å². The first-order valence-corrected chi connectivity index (χ1v) is 11.8. The molecule has 0 bridgehead atoms. The van der Waals surface area contributed by atoms with E-state index in [9.17, 15) is 0 Å². The van der Waals surface area contributed by atoms with Crippen LogP contribution < -0.4 is 10.4 Å². The Morgan fingerprint density at radius 1 is 0.500 bits per heavy atom. The van der Waals surface area contributed by atoms with Gasteiger partial charge in [-0.25, -0.2) is 0 Å². The van der Waals surface area contributed by atoms with Gasteiger partial charge in [0.2, 0.25) is 0 Å². The number of nitrogens with one attached hydrogen (secondary N) is 1. The summed E-state index contributed by atoms with van der Waals surface area (Å²) in [6, 6.07) is 46.9. The summed E-state index contributed by atoms with van der Waals surface area (Å²) >= 11 is 0. The third-order valence-electron chi connectivity index (χ3n) is 6.07. The number of hydrogen-bond donors (Lipinski definition) is 1. The number of anilines is 3. The van der Waals surface area contributed by atoms with Gasteiger partial charge in [-0.3, -0.25) is 10.4 Å². The van der Waals surface area contributed by atoms with Crippen LogP contribution in [0.4, 0.5) is 17.1 Å². The van der Waals surface area contributed by atoms with Crippen molar-refractivity contribution in [2.45, 2.75) is 13.3 Å². The molecule has 0 unspecified atom stereocenters. The summed E-state index contributed by atoms with van der Waals surface area (Å²) in [6.45, 7) is 2.19. The maximum atomic E-state index is 3.55. The second-order valence-corrected chi connectivity index (χ2v) is 8.29. The molecule has 5 rings (SSSR count). The average molecular weight is 441 g/mol. The molecular formula is C32H28N2. The molecule has 2 heteroatoms. The summed E-state index contributed by atoms with van der Waals surface area (Å²) < 4.78 is 0. The fraction of sp³-hybridized carbons (Fsp3) is 0.0625. The van der Waals surface area contributed by atoms with Gasteiger partial charge in [0, 0.05) is 0 Å². The van der Waals surface area contributed by atoms with Gasteiger partial charge in [0.1, 0.15) is 0 Å². The number of para-hydroxylation sites is 2. The average Bonchev–Trinajstić information content (AvgIpc) is 2.93. The zero-order valence-corrected chi connectivity index (χ0v) is 19.4. The van der Waals surface area contributed by atoms with Crippen molar-refractivity contribution in [2.75, 3.05) is 10.4 Å². The minimum Gasteiger partial charge on any atom is -0.294 e. The highest BCUT2D eigenvalue weighted by Crippen LogP contribution is 2.34. The molecule has 5 aromatic carbocycles. The molecule has 0 heterocycles. The van der Waals surface area contributed by atoms with E-state index in [1.807, 2.05) is 24.3 Å². The van der Waals surface area contributed by atoms with Crippen LogP contribution in [-0.4, -0.2) is 0 Å². The summed E-state index contributed by atoms with van der Waals surface area (Å²) in [5.41, 5.74) is 13.0. The van der Waals surface area contributed by atoms with Crippen molar-refractivity contribution in [3.63, 3.8) is 0 Å². The van der Waals surface area contributed by atoms with E-state index in [1.165, 1.54) is 27.8 Å². The van der Waals surface area contributed by atoms with Crippen molar-refractivity contribution in [2.24, 2.45) is 0 Å². The Morgan fingerprint density at radius 2 is 0.971 bits per heavy atom. The highest BCUT2D eigenvalue weighted by atomic mass is 15.5. The van der Waals surface area contributed by atoms with E-state index in [1.54, 1.807) is 0 Å². The Balaban J connectivity index is 1.49. The molecule has 2 nitrogen and oxygen atoms in total. The van der Waals surface area contributed by atoms with Crippen molar-refractivity contribution in [3.8, 4) is 22.3 Å². The van der Waals surface area contributed by atoms with E-state index in [0.29, 0.717) is 0 Å². The molecule has 0 aliphatic heterocycles. The molecule has 34 heavy (non-hydrogen) atoms. The fourth-order valence-electron chi connectivity index (χ4n) is 4.19. The summed E-state index contributed by atoms with van der Waals surface area (Å²) in [5.74, 6) is 0. The summed E-state index contributed by atoms with van der Waals surface area (Å²) in [7, 11) is 0. The number of rotatable bonds is 7. The van der Waals surface area contributed by atoms with Crippen LogP contribution in [-0.2, 0) is 6.42 Å². The molecular weight excluding hydrogens is 412 g/mol. The van der Waals surface area contributed by atoms with Crippen molar-refractivity contribution in [1.29, 1.82) is 0 Å². The molecule has 0 amide bonds. The van der Waals surface area contributed by atoms with E-state index in [-0.39, 0.29) is 0 Å². The number of hydrazine groups is 1. The first-order valence-electron chi connectivity index (χ1n) is 11.8. The second-order valence-electron chi connectivity index (χ2n) is 8.29. The normalized spacial score (nSPS) is 10.6. The lowest BCUT2D eigenvalue weighted by atomic mass is 9.94. The lowest BCUT2D eigenvalue weighted by Gasteiger charge is -2.27. The molecule has 5 aromatic rings. The first kappa shape index (κ1) is 21.5. The zero-order chi connectivity index (χ0) is 23.2. The molecule has 0 aromatic heterocycles. The van der Waals surface area contributed by atoms with Crippen LogP contribution in [0.5, 0.6) is 0 Å². The molecule has 166 valence electrons. The predicted molar refractivity (Wildman–Crippen MR) is 145 cm³/mol. The van der Waals surface area contributed by atoms with E-state index >= 15 is 0 Å². The van der Waals surface area contributed by atoms with Crippen LogP contribution >= 0.6 is 0 Å². The molecule has 0 fully saturated rings. The lowest BCUT2D eigenvalue weighted by molar-refractivity contribution is 1.14. The summed E-state index contributed by atoms with van der Waals surface area (Å²) in [5, 5.41) is 2.12. The minimum atomic E-state index is 1.04. The highest BCUT2D eigenvalue weighted by molar-refractivity contribution is 5.84. The smallest absolute Gasteiger partial charge is 0.0630 e. The van der Waals surface area contributed by atoms with Crippen LogP contribution in [0.1, 0.15) is 12.5 Å². The third kappa shape index (κ3) is 4.72. The maximum absolute atomic E-state index is 3.55. The van der Waals surface area contributed by atoms with Gasteiger partial charge in [-0.1, -0.05) is 104 Å². The number of aryl methyl sites for hydroxylation is 1. The predicted octanol–water partition coefficient (Wildman–Crippen LogP) is 8.75. The number of nitrogens with zero attached hydrogens (tertiary/aromatic N) is 1. The maximum Gasteiger partial charge on any atom is 0.0630 e. The largest absolute Gasteiger partial charge is 0.294 e. The Labute approximate surface area is 202 Å². The van der Waals surface area contributed by atoms with Gasteiger partial charge in [-0.05, 0) is 70.6 Å². The first-order chi connectivity index (χ1) is 16.8. The Kier molecular flexibility index (Phi) is 6.40. The number of benzene rings is 5. The SMILES string of the molecule is CCc1ccc(-c2ccccc2-c2ccc(N(Nc3ccccc3)c3ccccc3)cc2)cc1. The Bertz CT molecular complexity index is 1330. The third-order valence-corrected chi connectivity index (χ3v) is 6.07. The van der Waals surface area contributed by atoms with Crippen LogP contribution in [0.15, 0.2) is 133 Å². The van der Waals surface area contributed by atoms with Crippen molar-refractivity contribution in [3.05, 3.63) is 139 Å². The van der Waals surface area contributed by atoms with Crippen LogP contribution in [0.3, 0.4) is 0 Å². The lowest BCUT2D eigenvalue weighted by Crippen LogP contribution is -2.24. The van der Waals surface area contributed by atoms with Gasteiger partial charge in [0.05, 0.1) is 17.1 Å². The fourth-order valence-corrected chi connectivity index (χ4v) is 4.19. The molecule has 0 radical (unpaired) electrons. The van der Waals surface area contributed by atoms with Gasteiger partial charge >= 0.3 is 0 Å². The Hall–Kier alpha value is -4.30. The van der Waals surface area contributed by atoms with Crippen LogP contribution in [0.25, 0.3) is 22.3 Å². The highest BCUT2D eigenvalue weighted by Gasteiger charge is 2.12. The molecule has 0 saturated carbocycles. The van der Waals surface area contributed by atoms with Crippen LogP contribution in [0.2, 0.25) is 0 Å². The van der Waals surface area contributed by atoms with E-state index in [4.69, 9.17) is 0 Å². The monoisotopic (exact) mass is 440 g/mol. The molecule has 0 aliphatic rings. The van der Waals surface area contributed by atoms with Gasteiger partial charge in [-0.15, -0.1) is 0 Å². The van der Waals surface area contributed by atoms with Gasteiger partial charge in [-0.2, -0.15) is 0 Å². The molecule has 1 N–H and O–H groups in total. The Morgan fingerprint density at radius 3 is 1.53 bits per heavy atom. The van der Waals surface area contributed by atoms with Gasteiger partial charge < -0.3 is 0 Å². The van der Waals surface area contributed by atoms with E-state index in [0.717, 1.165) is 23.5 Å². The van der Waals surface area contributed by atoms with Crippen molar-refractivity contribution >= 4 is 17.1 Å². The molecule has 0 spiro atoms. The van der Waals surface area contributed by atoms with Crippen LogP contribution in [0, 0.1) is 0 Å². The molecule has 0 aliphatic carbocycles. The van der Waals surface area contributed by atoms with Gasteiger partial charge in [0.25, 0.3) is 0 Å². The minimum absolute atomic E-state index is 1.04. The van der Waals surface area contributed by atoms with Gasteiger partial charge in [0.15, 0.2) is 0 Å². The quantitative estimate of drug-likeness (QED) is 0.254. The molecule has 0 atom stereocenters. The summed E-state index contributed by atoms with van der Waals surface area (Å²) in [4.78, 5) is 0.